The number of hydrogen-bond donors (Lipinski definition) is 2. The molecule has 0 radical (unpaired) electrons. The Morgan fingerprint density at radius 3 is 2.40 bits per heavy atom. The van der Waals surface area contributed by atoms with E-state index in [-0.39, 0.29) is 18.9 Å². The zero-order valence-electron chi connectivity index (χ0n) is 21.0. The largest absolute Gasteiger partial charge is 0.459 e. The van der Waals surface area contributed by atoms with Crippen molar-refractivity contribution < 1.29 is 33.5 Å². The number of para-hydroxylation sites is 1. The van der Waals surface area contributed by atoms with Crippen molar-refractivity contribution in [2.24, 2.45) is 5.41 Å². The number of amides is 2. The molecule has 0 bridgehead atoms. The maximum absolute atomic E-state index is 13.9. The summed E-state index contributed by atoms with van der Waals surface area (Å²) in [6.07, 6.45) is 3.29. The molecule has 2 N–H and O–H groups in total. The topological polar surface area (TPSA) is 124 Å². The number of carbonyl (C=O) groups is 3. The van der Waals surface area contributed by atoms with Gasteiger partial charge in [0, 0.05) is 11.1 Å². The smallest absolute Gasteiger partial charge is 0.344 e. The molecular formula is C25H37N2O7P. The van der Waals surface area contributed by atoms with Crippen LogP contribution in [-0.4, -0.2) is 56.9 Å². The molecule has 1 aliphatic heterocycles. The highest BCUT2D eigenvalue weighted by Gasteiger charge is 2.47. The molecule has 1 heterocycles. The fourth-order valence-electron chi connectivity index (χ4n) is 5.23. The lowest BCUT2D eigenvalue weighted by Gasteiger charge is -2.39. The van der Waals surface area contributed by atoms with Gasteiger partial charge in [-0.3, -0.25) is 23.8 Å². The van der Waals surface area contributed by atoms with Crippen LogP contribution < -0.4 is 4.90 Å². The predicted octanol–water partition coefficient (Wildman–Crippen LogP) is 3.61. The van der Waals surface area contributed by atoms with Crippen molar-refractivity contribution in [3.8, 4) is 0 Å². The lowest BCUT2D eigenvalue weighted by Crippen LogP contribution is -2.55. The van der Waals surface area contributed by atoms with Crippen LogP contribution in [0.3, 0.4) is 0 Å². The standard InChI is InChI=1S/C25H37N2O7P/c1-5-25(14-8-9-15-25)23(30)27(17-35(31,32)33)20-13-12-18-10-6-7-11-19(18)26(22(20)29)16-21(28)34-24(2,3)4/h6-7,10-11,20H,5,8-9,12-17H2,1-4H3,(H2,31,32,33)/t20-/m0/s1. The highest BCUT2D eigenvalue weighted by atomic mass is 31.2. The Hall–Kier alpha value is -2.22. The van der Waals surface area contributed by atoms with Crippen molar-refractivity contribution in [3.05, 3.63) is 29.8 Å². The lowest BCUT2D eigenvalue weighted by molar-refractivity contribution is -0.154. The molecule has 0 aromatic heterocycles. The SMILES string of the molecule is CCC1(C(=O)N(CP(=O)(O)O)[C@H]2CCc3ccccc3N(CC(=O)OC(C)(C)C)C2=O)CCCC1. The Morgan fingerprint density at radius 1 is 1.20 bits per heavy atom. The Morgan fingerprint density at radius 2 is 1.83 bits per heavy atom. The van der Waals surface area contributed by atoms with Gasteiger partial charge in [-0.2, -0.15) is 0 Å². The second kappa shape index (κ2) is 10.4. The molecule has 0 saturated heterocycles. The van der Waals surface area contributed by atoms with Crippen LogP contribution in [0.25, 0.3) is 0 Å². The Bertz CT molecular complexity index is 1010. The molecule has 2 amide bonds. The maximum Gasteiger partial charge on any atom is 0.344 e. The van der Waals surface area contributed by atoms with Gasteiger partial charge in [0.1, 0.15) is 24.5 Å². The third kappa shape index (κ3) is 6.51. The Labute approximate surface area is 207 Å². The highest BCUT2D eigenvalue weighted by molar-refractivity contribution is 7.51. The van der Waals surface area contributed by atoms with Gasteiger partial charge >= 0.3 is 13.6 Å². The van der Waals surface area contributed by atoms with E-state index in [0.29, 0.717) is 31.4 Å². The van der Waals surface area contributed by atoms with E-state index in [0.717, 1.165) is 23.3 Å². The quantitative estimate of drug-likeness (QED) is 0.426. The molecule has 2 aliphatic rings. The van der Waals surface area contributed by atoms with Crippen LogP contribution in [-0.2, 0) is 30.1 Å². The van der Waals surface area contributed by atoms with Gasteiger partial charge in [0.25, 0.3) is 0 Å². The molecule has 1 saturated carbocycles. The summed E-state index contributed by atoms with van der Waals surface area (Å²) in [5.41, 5.74) is -0.115. The highest BCUT2D eigenvalue weighted by Crippen LogP contribution is 2.46. The fraction of sp³-hybridized carbons (Fsp3) is 0.640. The van der Waals surface area contributed by atoms with Gasteiger partial charge in [-0.15, -0.1) is 0 Å². The van der Waals surface area contributed by atoms with E-state index in [9.17, 15) is 28.7 Å². The summed E-state index contributed by atoms with van der Waals surface area (Å²) in [5.74, 6) is -1.52. The summed E-state index contributed by atoms with van der Waals surface area (Å²) in [4.78, 5) is 62.6. The molecule has 1 aliphatic carbocycles. The van der Waals surface area contributed by atoms with Crippen molar-refractivity contribution in [1.29, 1.82) is 0 Å². The first-order valence-electron chi connectivity index (χ1n) is 12.2. The van der Waals surface area contributed by atoms with E-state index in [4.69, 9.17) is 4.74 Å². The van der Waals surface area contributed by atoms with Gasteiger partial charge in [-0.1, -0.05) is 38.0 Å². The lowest BCUT2D eigenvalue weighted by atomic mass is 9.81. The number of benzene rings is 1. The van der Waals surface area contributed by atoms with Crippen LogP contribution in [0.1, 0.15) is 71.8 Å². The number of nitrogens with zero attached hydrogens (tertiary/aromatic N) is 2. The predicted molar refractivity (Wildman–Crippen MR) is 132 cm³/mol. The van der Waals surface area contributed by atoms with E-state index in [1.807, 2.05) is 19.1 Å². The minimum absolute atomic E-state index is 0.201. The monoisotopic (exact) mass is 508 g/mol. The summed E-state index contributed by atoms with van der Waals surface area (Å²) in [7, 11) is -4.67. The molecule has 1 atom stereocenters. The molecule has 1 fully saturated rings. The number of carbonyl (C=O) groups excluding carboxylic acids is 3. The molecule has 1 aromatic carbocycles. The average molecular weight is 509 g/mol. The van der Waals surface area contributed by atoms with Gasteiger partial charge in [0.2, 0.25) is 11.8 Å². The first-order chi connectivity index (χ1) is 16.3. The van der Waals surface area contributed by atoms with Gasteiger partial charge in [0.05, 0.1) is 0 Å². The fourth-order valence-corrected chi connectivity index (χ4v) is 5.96. The zero-order valence-corrected chi connectivity index (χ0v) is 21.9. The number of ether oxygens (including phenoxy) is 1. The first-order valence-corrected chi connectivity index (χ1v) is 14.0. The van der Waals surface area contributed by atoms with E-state index in [1.54, 1.807) is 32.9 Å². The summed E-state index contributed by atoms with van der Waals surface area (Å²) in [6, 6.07) is 6.08. The van der Waals surface area contributed by atoms with E-state index < -0.39 is 42.8 Å². The first kappa shape index (κ1) is 27.4. The van der Waals surface area contributed by atoms with Crippen molar-refractivity contribution >= 4 is 31.1 Å². The molecule has 3 rings (SSSR count). The van der Waals surface area contributed by atoms with E-state index in [2.05, 4.69) is 0 Å². The summed E-state index contributed by atoms with van der Waals surface area (Å²) >= 11 is 0. The zero-order chi connectivity index (χ0) is 26.0. The molecular weight excluding hydrogens is 471 g/mol. The third-order valence-corrected chi connectivity index (χ3v) is 7.57. The summed E-state index contributed by atoms with van der Waals surface area (Å²) in [6.45, 7) is 6.74. The molecule has 35 heavy (non-hydrogen) atoms. The van der Waals surface area contributed by atoms with Crippen molar-refractivity contribution in [3.63, 3.8) is 0 Å². The van der Waals surface area contributed by atoms with Gasteiger partial charge < -0.3 is 19.4 Å². The Kier molecular flexibility index (Phi) is 8.14. The molecule has 194 valence electrons. The van der Waals surface area contributed by atoms with Gasteiger partial charge in [0.15, 0.2) is 0 Å². The number of anilines is 1. The van der Waals surface area contributed by atoms with E-state index in [1.165, 1.54) is 4.90 Å². The van der Waals surface area contributed by atoms with Crippen LogP contribution in [0.15, 0.2) is 24.3 Å². The minimum atomic E-state index is -4.67. The molecule has 1 aromatic rings. The second-order valence-corrected chi connectivity index (χ2v) is 12.2. The average Bonchev–Trinajstić information content (AvgIpc) is 3.20. The number of hydrogen-bond acceptors (Lipinski definition) is 5. The summed E-state index contributed by atoms with van der Waals surface area (Å²) < 4.78 is 17.6. The summed E-state index contributed by atoms with van der Waals surface area (Å²) in [5, 5.41) is 0. The molecule has 10 heteroatoms. The van der Waals surface area contributed by atoms with Crippen LogP contribution in [0.5, 0.6) is 0 Å². The van der Waals surface area contributed by atoms with Crippen molar-refractivity contribution in [2.75, 3.05) is 17.7 Å². The van der Waals surface area contributed by atoms with Gasteiger partial charge in [-0.05, 0) is 64.5 Å². The van der Waals surface area contributed by atoms with Gasteiger partial charge in [-0.25, -0.2) is 0 Å². The number of fused-ring (bicyclic) bond motifs is 1. The normalized spacial score (nSPS) is 20.2. The number of esters is 1. The number of aryl methyl sites for hydroxylation is 1. The van der Waals surface area contributed by atoms with Crippen LogP contribution in [0, 0.1) is 5.41 Å². The van der Waals surface area contributed by atoms with Crippen LogP contribution >= 0.6 is 7.60 Å². The van der Waals surface area contributed by atoms with Crippen LogP contribution in [0.4, 0.5) is 5.69 Å². The molecule has 0 unspecified atom stereocenters. The third-order valence-electron chi connectivity index (χ3n) is 6.89. The van der Waals surface area contributed by atoms with Crippen LogP contribution in [0.2, 0.25) is 0 Å². The molecule has 9 nitrogen and oxygen atoms in total. The Balaban J connectivity index is 2.02. The second-order valence-electron chi connectivity index (χ2n) is 10.6. The number of rotatable bonds is 7. The molecule has 0 spiro atoms. The van der Waals surface area contributed by atoms with Crippen molar-refractivity contribution in [2.45, 2.75) is 84.3 Å². The maximum atomic E-state index is 13.9. The van der Waals surface area contributed by atoms with E-state index >= 15 is 0 Å². The van der Waals surface area contributed by atoms with Crippen molar-refractivity contribution in [1.82, 2.24) is 4.90 Å². The minimum Gasteiger partial charge on any atom is -0.459 e.